The summed E-state index contributed by atoms with van der Waals surface area (Å²) in [5.74, 6) is 0.384. The first-order chi connectivity index (χ1) is 12.7. The number of aromatic nitrogens is 2. The Morgan fingerprint density at radius 3 is 2.73 bits per heavy atom. The largest absolute Gasteiger partial charge is 0.437 e. The van der Waals surface area contributed by atoms with Crippen LogP contribution in [0, 0.1) is 0 Å². The molecular formula is C20H17N3O2S. The van der Waals surface area contributed by atoms with Crippen molar-refractivity contribution in [3.8, 4) is 0 Å². The Balaban J connectivity index is 1.36. The molecule has 1 amide bonds. The van der Waals surface area contributed by atoms with Gasteiger partial charge in [-0.15, -0.1) is 11.3 Å². The third-order valence-corrected chi connectivity index (χ3v) is 5.27. The molecule has 0 aliphatic carbocycles. The van der Waals surface area contributed by atoms with Crippen molar-refractivity contribution < 1.29 is 9.21 Å². The van der Waals surface area contributed by atoms with E-state index in [2.05, 4.69) is 28.3 Å². The van der Waals surface area contributed by atoms with Gasteiger partial charge in [0.2, 0.25) is 11.8 Å². The van der Waals surface area contributed by atoms with Crippen LogP contribution in [0.3, 0.4) is 0 Å². The fraction of sp³-hybridized carbons (Fsp3) is 0.150. The minimum Gasteiger partial charge on any atom is -0.437 e. The van der Waals surface area contributed by atoms with Gasteiger partial charge in [-0.1, -0.05) is 31.2 Å². The molecule has 5 nitrogen and oxygen atoms in total. The maximum atomic E-state index is 12.1. The van der Waals surface area contributed by atoms with Gasteiger partial charge < -0.3 is 9.73 Å². The van der Waals surface area contributed by atoms with Crippen LogP contribution in [0.1, 0.15) is 23.7 Å². The number of benzene rings is 2. The molecule has 0 saturated heterocycles. The van der Waals surface area contributed by atoms with Crippen molar-refractivity contribution in [2.45, 2.75) is 12.8 Å². The van der Waals surface area contributed by atoms with E-state index in [1.54, 1.807) is 17.4 Å². The topological polar surface area (TPSA) is 68.0 Å². The van der Waals surface area contributed by atoms with Crippen molar-refractivity contribution in [2.75, 3.05) is 6.54 Å². The number of para-hydroxylation sites is 3. The zero-order valence-corrected chi connectivity index (χ0v) is 15.0. The fourth-order valence-electron chi connectivity index (χ4n) is 2.61. The first kappa shape index (κ1) is 16.5. The Labute approximate surface area is 154 Å². The summed E-state index contributed by atoms with van der Waals surface area (Å²) < 4.78 is 6.72. The van der Waals surface area contributed by atoms with Gasteiger partial charge in [-0.2, -0.15) is 0 Å². The second-order valence-corrected chi connectivity index (χ2v) is 7.08. The van der Waals surface area contributed by atoms with Crippen LogP contribution in [0.4, 0.5) is 0 Å². The monoisotopic (exact) mass is 363 g/mol. The minimum absolute atomic E-state index is 0.147. The molecule has 4 aromatic rings. The Kier molecular flexibility index (Phi) is 4.50. The molecule has 6 heteroatoms. The lowest BCUT2D eigenvalue weighted by Crippen LogP contribution is -2.25. The van der Waals surface area contributed by atoms with Gasteiger partial charge in [-0.25, -0.2) is 9.97 Å². The second-order valence-electron chi connectivity index (χ2n) is 6.02. The molecule has 4 rings (SSSR count). The first-order valence-corrected chi connectivity index (χ1v) is 9.17. The van der Waals surface area contributed by atoms with Gasteiger partial charge in [0.1, 0.15) is 5.52 Å². The summed E-state index contributed by atoms with van der Waals surface area (Å²) in [6.07, 6.45) is 3.02. The van der Waals surface area contributed by atoms with Gasteiger partial charge in [0, 0.05) is 24.6 Å². The molecule has 0 bridgehead atoms. The fourth-order valence-corrected chi connectivity index (χ4v) is 3.63. The van der Waals surface area contributed by atoms with Crippen LogP contribution in [0.5, 0.6) is 0 Å². The Hall–Kier alpha value is -2.99. The van der Waals surface area contributed by atoms with E-state index in [4.69, 9.17) is 4.42 Å². The van der Waals surface area contributed by atoms with Crippen molar-refractivity contribution in [3.63, 3.8) is 0 Å². The predicted molar refractivity (Wildman–Crippen MR) is 104 cm³/mol. The molecule has 0 radical (unpaired) electrons. The lowest BCUT2D eigenvalue weighted by molar-refractivity contribution is -0.116. The highest BCUT2D eigenvalue weighted by Gasteiger charge is 2.12. The van der Waals surface area contributed by atoms with Crippen LogP contribution in [0.25, 0.3) is 27.4 Å². The van der Waals surface area contributed by atoms with Crippen molar-refractivity contribution in [1.82, 2.24) is 15.3 Å². The van der Waals surface area contributed by atoms with Crippen molar-refractivity contribution in [3.05, 3.63) is 65.5 Å². The number of fused-ring (bicyclic) bond motifs is 2. The number of nitrogens with zero attached hydrogens (tertiary/aromatic N) is 2. The van der Waals surface area contributed by atoms with Crippen molar-refractivity contribution in [2.24, 2.45) is 0 Å². The minimum atomic E-state index is -0.180. The van der Waals surface area contributed by atoms with Crippen LogP contribution in [-0.2, 0) is 4.79 Å². The number of nitrogens with one attached hydrogen (secondary N) is 1. The van der Waals surface area contributed by atoms with E-state index >= 15 is 0 Å². The zero-order chi connectivity index (χ0) is 17.9. The van der Waals surface area contributed by atoms with Gasteiger partial charge in [0.05, 0.1) is 15.2 Å². The summed E-state index contributed by atoms with van der Waals surface area (Å²) in [4.78, 5) is 21.0. The molecular weight excluding hydrogens is 346 g/mol. The zero-order valence-electron chi connectivity index (χ0n) is 14.2. The molecule has 0 spiro atoms. The van der Waals surface area contributed by atoms with Gasteiger partial charge in [0.15, 0.2) is 5.58 Å². The van der Waals surface area contributed by atoms with E-state index < -0.39 is 0 Å². The van der Waals surface area contributed by atoms with E-state index in [0.29, 0.717) is 18.0 Å². The smallest absolute Gasteiger partial charge is 0.244 e. The molecule has 0 saturated carbocycles. The Morgan fingerprint density at radius 1 is 1.15 bits per heavy atom. The molecule has 2 aromatic carbocycles. The molecule has 1 unspecified atom stereocenters. The van der Waals surface area contributed by atoms with Gasteiger partial charge in [-0.3, -0.25) is 4.79 Å². The highest BCUT2D eigenvalue weighted by Crippen LogP contribution is 2.26. The molecule has 0 aliphatic heterocycles. The summed E-state index contributed by atoms with van der Waals surface area (Å²) in [6.45, 7) is 2.58. The Morgan fingerprint density at radius 2 is 1.92 bits per heavy atom. The average Bonchev–Trinajstić information content (AvgIpc) is 3.27. The van der Waals surface area contributed by atoms with Crippen LogP contribution in [-0.4, -0.2) is 22.4 Å². The van der Waals surface area contributed by atoms with E-state index in [1.165, 1.54) is 6.08 Å². The summed E-state index contributed by atoms with van der Waals surface area (Å²) in [5.41, 5.74) is 2.48. The average molecular weight is 363 g/mol. The SMILES string of the molecule is CC(CNC(=O)/C=C/c1nc2ccccc2o1)c1nc2ccccc2s1. The number of carbonyl (C=O) groups is 1. The highest BCUT2D eigenvalue weighted by atomic mass is 32.1. The molecule has 0 fully saturated rings. The number of rotatable bonds is 5. The van der Waals surface area contributed by atoms with Gasteiger partial charge in [0.25, 0.3) is 0 Å². The number of amides is 1. The van der Waals surface area contributed by atoms with Gasteiger partial charge >= 0.3 is 0 Å². The predicted octanol–water partition coefficient (Wildman–Crippen LogP) is 4.37. The maximum absolute atomic E-state index is 12.1. The van der Waals surface area contributed by atoms with Crippen molar-refractivity contribution in [1.29, 1.82) is 0 Å². The molecule has 1 atom stereocenters. The quantitative estimate of drug-likeness (QED) is 0.535. The van der Waals surface area contributed by atoms with Crippen LogP contribution in [0.15, 0.2) is 59.0 Å². The van der Waals surface area contributed by atoms with E-state index in [1.807, 2.05) is 42.5 Å². The number of thiazole rings is 1. The number of hydrogen-bond acceptors (Lipinski definition) is 5. The summed E-state index contributed by atoms with van der Waals surface area (Å²) in [7, 11) is 0. The molecule has 2 aromatic heterocycles. The third-order valence-electron chi connectivity index (χ3n) is 4.00. The molecule has 1 N–H and O–H groups in total. The van der Waals surface area contributed by atoms with Crippen LogP contribution >= 0.6 is 11.3 Å². The number of oxazole rings is 1. The van der Waals surface area contributed by atoms with E-state index in [0.717, 1.165) is 20.7 Å². The van der Waals surface area contributed by atoms with Crippen molar-refractivity contribution >= 4 is 44.6 Å². The van der Waals surface area contributed by atoms with Crippen LogP contribution in [0.2, 0.25) is 0 Å². The lowest BCUT2D eigenvalue weighted by atomic mass is 10.2. The molecule has 130 valence electrons. The van der Waals surface area contributed by atoms with Gasteiger partial charge in [-0.05, 0) is 24.3 Å². The maximum Gasteiger partial charge on any atom is 0.244 e. The Bertz CT molecular complexity index is 1030. The molecule has 26 heavy (non-hydrogen) atoms. The summed E-state index contributed by atoms with van der Waals surface area (Å²) in [5, 5.41) is 3.92. The second kappa shape index (κ2) is 7.09. The summed E-state index contributed by atoms with van der Waals surface area (Å²) >= 11 is 1.66. The van der Waals surface area contributed by atoms with E-state index in [-0.39, 0.29) is 11.8 Å². The number of hydrogen-bond donors (Lipinski definition) is 1. The first-order valence-electron chi connectivity index (χ1n) is 8.36. The molecule has 0 aliphatic rings. The number of carbonyl (C=O) groups excluding carboxylic acids is 1. The summed E-state index contributed by atoms with van der Waals surface area (Å²) in [6, 6.07) is 15.6. The molecule has 2 heterocycles. The standard InChI is InChI=1S/C20H17N3O2S/c1-13(20-23-15-7-3-5-9-17(15)26-20)12-21-18(24)10-11-19-22-14-6-2-4-8-16(14)25-19/h2-11,13H,12H2,1H3,(H,21,24)/b11-10+. The van der Waals surface area contributed by atoms with Crippen LogP contribution < -0.4 is 5.32 Å². The lowest BCUT2D eigenvalue weighted by Gasteiger charge is -2.08. The van der Waals surface area contributed by atoms with E-state index in [9.17, 15) is 4.79 Å². The highest BCUT2D eigenvalue weighted by molar-refractivity contribution is 7.18. The normalized spacial score (nSPS) is 12.8. The third kappa shape index (κ3) is 3.50.